The van der Waals surface area contributed by atoms with E-state index < -0.39 is 0 Å². The Balaban J connectivity index is 2.58. The van der Waals surface area contributed by atoms with Crippen LogP contribution in [-0.4, -0.2) is 5.78 Å². The zero-order chi connectivity index (χ0) is 11.8. The summed E-state index contributed by atoms with van der Waals surface area (Å²) in [5.41, 5.74) is 1.68. The van der Waals surface area contributed by atoms with Gasteiger partial charge >= 0.3 is 0 Å². The van der Waals surface area contributed by atoms with Crippen LogP contribution in [0, 0.1) is 17.2 Å². The number of nitrogens with zero attached hydrogens (tertiary/aromatic N) is 1. The number of carbonyl (C=O) groups excluding carboxylic acids is 1. The molecule has 2 nitrogen and oxygen atoms in total. The third-order valence-electron chi connectivity index (χ3n) is 3.52. The van der Waals surface area contributed by atoms with Gasteiger partial charge in [-0.05, 0) is 12.0 Å². The largest absolute Gasteiger partial charge is 0.294 e. The van der Waals surface area contributed by atoms with Gasteiger partial charge in [0.1, 0.15) is 0 Å². The number of ketones is 1. The van der Waals surface area contributed by atoms with Gasteiger partial charge in [0.2, 0.25) is 0 Å². The lowest BCUT2D eigenvalue weighted by Crippen LogP contribution is -2.35. The third-order valence-corrected chi connectivity index (χ3v) is 3.52. The van der Waals surface area contributed by atoms with Crippen molar-refractivity contribution in [2.24, 2.45) is 5.92 Å². The quantitative estimate of drug-likeness (QED) is 0.719. The van der Waals surface area contributed by atoms with Crippen LogP contribution in [0.3, 0.4) is 0 Å². The Labute approximate surface area is 95.9 Å². The molecule has 2 heteroatoms. The van der Waals surface area contributed by atoms with Gasteiger partial charge in [0.05, 0.1) is 6.07 Å². The van der Waals surface area contributed by atoms with Crippen molar-refractivity contribution in [3.63, 3.8) is 0 Å². The van der Waals surface area contributed by atoms with Gasteiger partial charge in [0.25, 0.3) is 0 Å². The molecule has 2 rings (SSSR count). The molecule has 0 saturated heterocycles. The minimum Gasteiger partial charge on any atom is -0.294 e. The molecule has 2 unspecified atom stereocenters. The molecule has 0 fully saturated rings. The number of nitriles is 1. The van der Waals surface area contributed by atoms with Gasteiger partial charge in [-0.1, -0.05) is 38.1 Å². The number of rotatable bonds is 1. The van der Waals surface area contributed by atoms with Crippen LogP contribution in [0.1, 0.15) is 42.6 Å². The molecule has 16 heavy (non-hydrogen) atoms. The maximum atomic E-state index is 12.0. The summed E-state index contributed by atoms with van der Waals surface area (Å²) in [5, 5.41) is 8.93. The zero-order valence-electron chi connectivity index (χ0n) is 9.66. The minimum atomic E-state index is -0.168. The molecule has 1 aliphatic carbocycles. The Hall–Kier alpha value is -1.62. The molecule has 0 aromatic heterocycles. The van der Waals surface area contributed by atoms with Gasteiger partial charge < -0.3 is 0 Å². The van der Waals surface area contributed by atoms with Crippen molar-refractivity contribution in [2.45, 2.75) is 32.1 Å². The highest BCUT2D eigenvalue weighted by atomic mass is 16.1. The molecule has 0 spiro atoms. The molecule has 0 aliphatic heterocycles. The average molecular weight is 213 g/mol. The molecule has 0 saturated carbocycles. The number of fused-ring (bicyclic) bond motifs is 1. The van der Waals surface area contributed by atoms with E-state index in [2.05, 4.69) is 13.0 Å². The first-order chi connectivity index (χ1) is 7.58. The molecule has 0 bridgehead atoms. The molecule has 0 N–H and O–H groups in total. The van der Waals surface area contributed by atoms with E-state index in [-0.39, 0.29) is 17.1 Å². The fourth-order valence-corrected chi connectivity index (χ4v) is 2.71. The number of benzene rings is 1. The van der Waals surface area contributed by atoms with Crippen LogP contribution in [0.2, 0.25) is 0 Å². The number of Topliss-reactive ketones (excluding diaryl/α,β-unsaturated/α-hetero) is 1. The highest BCUT2D eigenvalue weighted by molar-refractivity contribution is 6.00. The first kappa shape index (κ1) is 10.9. The maximum absolute atomic E-state index is 12.0. The van der Waals surface area contributed by atoms with Crippen molar-refractivity contribution < 1.29 is 4.79 Å². The van der Waals surface area contributed by atoms with E-state index >= 15 is 0 Å². The Morgan fingerprint density at radius 2 is 2.19 bits per heavy atom. The molecule has 2 atom stereocenters. The lowest BCUT2D eigenvalue weighted by molar-refractivity contribution is 0.0884. The third kappa shape index (κ3) is 1.53. The Morgan fingerprint density at radius 1 is 1.50 bits per heavy atom. The smallest absolute Gasteiger partial charge is 0.165 e. The van der Waals surface area contributed by atoms with Crippen LogP contribution < -0.4 is 0 Å². The van der Waals surface area contributed by atoms with Gasteiger partial charge in [0, 0.05) is 23.3 Å². The van der Waals surface area contributed by atoms with Crippen LogP contribution in [0.4, 0.5) is 0 Å². The number of hydrogen-bond acceptors (Lipinski definition) is 2. The molecule has 0 heterocycles. The monoisotopic (exact) mass is 213 g/mol. The summed E-state index contributed by atoms with van der Waals surface area (Å²) < 4.78 is 0. The van der Waals surface area contributed by atoms with Crippen molar-refractivity contribution in [1.29, 1.82) is 5.26 Å². The van der Waals surface area contributed by atoms with Gasteiger partial charge in [-0.15, -0.1) is 0 Å². The average Bonchev–Trinajstić information content (AvgIpc) is 2.27. The van der Waals surface area contributed by atoms with Gasteiger partial charge in [0.15, 0.2) is 5.78 Å². The summed E-state index contributed by atoms with van der Waals surface area (Å²) >= 11 is 0. The molecular weight excluding hydrogens is 198 g/mol. The van der Waals surface area contributed by atoms with Crippen molar-refractivity contribution in [3.8, 4) is 6.07 Å². The highest BCUT2D eigenvalue weighted by Crippen LogP contribution is 2.41. The molecule has 1 aromatic carbocycles. The van der Waals surface area contributed by atoms with E-state index in [0.717, 1.165) is 17.5 Å². The maximum Gasteiger partial charge on any atom is 0.165 e. The minimum absolute atomic E-state index is 0.0215. The van der Waals surface area contributed by atoms with Crippen molar-refractivity contribution in [3.05, 3.63) is 35.4 Å². The van der Waals surface area contributed by atoms with E-state index in [9.17, 15) is 4.79 Å². The van der Waals surface area contributed by atoms with Gasteiger partial charge in [-0.2, -0.15) is 5.26 Å². The zero-order valence-corrected chi connectivity index (χ0v) is 9.66. The van der Waals surface area contributed by atoms with Crippen molar-refractivity contribution >= 4 is 5.78 Å². The summed E-state index contributed by atoms with van der Waals surface area (Å²) in [6.07, 6.45) is 1.25. The molecular formula is C14H15NO. The lowest BCUT2D eigenvalue weighted by Gasteiger charge is -2.36. The SMILES string of the molecule is CC1CC(C)(CC#N)c2ccccc2C1=O. The molecule has 1 aromatic rings. The standard InChI is InChI=1S/C14H15NO/c1-10-9-14(2,7-8-15)12-6-4-3-5-11(12)13(10)16/h3-6,10H,7,9H2,1-2H3. The fourth-order valence-electron chi connectivity index (χ4n) is 2.71. The second kappa shape index (κ2) is 3.75. The second-order valence-corrected chi connectivity index (χ2v) is 4.91. The Bertz CT molecular complexity index is 472. The summed E-state index contributed by atoms with van der Waals surface area (Å²) in [7, 11) is 0. The molecule has 0 radical (unpaired) electrons. The highest BCUT2D eigenvalue weighted by Gasteiger charge is 2.38. The molecule has 0 amide bonds. The van der Waals surface area contributed by atoms with Gasteiger partial charge in [-0.25, -0.2) is 0 Å². The van der Waals surface area contributed by atoms with E-state index in [1.165, 1.54) is 0 Å². The van der Waals surface area contributed by atoms with E-state index in [4.69, 9.17) is 5.26 Å². The van der Waals surface area contributed by atoms with Crippen LogP contribution >= 0.6 is 0 Å². The van der Waals surface area contributed by atoms with E-state index in [1.807, 2.05) is 31.2 Å². The fraction of sp³-hybridized carbons (Fsp3) is 0.429. The van der Waals surface area contributed by atoms with Crippen molar-refractivity contribution in [2.75, 3.05) is 0 Å². The summed E-state index contributed by atoms with van der Waals surface area (Å²) in [4.78, 5) is 12.0. The van der Waals surface area contributed by atoms with Crippen molar-refractivity contribution in [1.82, 2.24) is 0 Å². The molecule has 1 aliphatic rings. The number of hydrogen-bond donors (Lipinski definition) is 0. The normalized spacial score (nSPS) is 28.3. The predicted octanol–water partition coefficient (Wildman–Crippen LogP) is 3.08. The van der Waals surface area contributed by atoms with Crippen LogP contribution in [-0.2, 0) is 5.41 Å². The predicted molar refractivity (Wildman–Crippen MR) is 62.1 cm³/mol. The first-order valence-electron chi connectivity index (χ1n) is 5.59. The molecule has 82 valence electrons. The Morgan fingerprint density at radius 3 is 2.88 bits per heavy atom. The van der Waals surface area contributed by atoms with E-state index in [0.29, 0.717) is 6.42 Å². The first-order valence-corrected chi connectivity index (χ1v) is 5.59. The topological polar surface area (TPSA) is 40.9 Å². The van der Waals surface area contributed by atoms with Crippen LogP contribution in [0.15, 0.2) is 24.3 Å². The summed E-state index contributed by atoms with van der Waals surface area (Å²) in [6.45, 7) is 4.03. The van der Waals surface area contributed by atoms with Crippen LogP contribution in [0.25, 0.3) is 0 Å². The lowest BCUT2D eigenvalue weighted by atomic mass is 9.66. The summed E-state index contributed by atoms with van der Waals surface area (Å²) in [6, 6.07) is 9.94. The summed E-state index contributed by atoms with van der Waals surface area (Å²) in [5.74, 6) is 0.235. The van der Waals surface area contributed by atoms with Gasteiger partial charge in [-0.3, -0.25) is 4.79 Å². The Kier molecular flexibility index (Phi) is 2.55. The number of carbonyl (C=O) groups is 1. The van der Waals surface area contributed by atoms with E-state index in [1.54, 1.807) is 0 Å². The second-order valence-electron chi connectivity index (χ2n) is 4.91. The van der Waals surface area contributed by atoms with Crippen LogP contribution in [0.5, 0.6) is 0 Å².